The van der Waals surface area contributed by atoms with Crippen LogP contribution in [0.15, 0.2) is 63.6 Å². The molecule has 1 amide bonds. The van der Waals surface area contributed by atoms with Crippen LogP contribution in [0.4, 0.5) is 14.1 Å². The number of pyridine rings is 1. The van der Waals surface area contributed by atoms with Crippen LogP contribution in [-0.2, 0) is 11.3 Å². The first-order valence-corrected chi connectivity index (χ1v) is 11.4. The highest BCUT2D eigenvalue weighted by Gasteiger charge is 2.36. The highest BCUT2D eigenvalue weighted by molar-refractivity contribution is 9.10. The molecule has 1 saturated heterocycles. The number of aryl methyl sites for hydroxylation is 1. The fourth-order valence-corrected chi connectivity index (χ4v) is 4.60. The lowest BCUT2D eigenvalue weighted by Crippen LogP contribution is -2.48. The Morgan fingerprint density at radius 3 is 2.94 bits per heavy atom. The predicted molar refractivity (Wildman–Crippen MR) is 121 cm³/mol. The Kier molecular flexibility index (Phi) is 6.45. The number of benzene rings is 1. The van der Waals surface area contributed by atoms with E-state index in [-0.39, 0.29) is 29.9 Å². The Balaban J connectivity index is 1.59. The van der Waals surface area contributed by atoms with Crippen LogP contribution in [-0.4, -0.2) is 33.5 Å². The SMILES string of the molecule is C=C1C(C(=O)Nc2ccc(SF)c(C)n2)=CC2CCCN2N1Cc1cccc(F)c1Br. The van der Waals surface area contributed by atoms with E-state index in [0.29, 0.717) is 38.7 Å². The minimum atomic E-state index is -0.331. The number of carbonyl (C=O) groups excluding carboxylic acids is 1. The van der Waals surface area contributed by atoms with Gasteiger partial charge in [-0.05, 0) is 59.5 Å². The molecule has 9 heteroatoms. The van der Waals surface area contributed by atoms with E-state index < -0.39 is 0 Å². The molecule has 2 aromatic rings. The highest BCUT2D eigenvalue weighted by Crippen LogP contribution is 2.35. The lowest BCUT2D eigenvalue weighted by Gasteiger charge is -2.42. The van der Waals surface area contributed by atoms with Crippen molar-refractivity contribution in [2.75, 3.05) is 11.9 Å². The fourth-order valence-electron chi connectivity index (χ4n) is 3.94. The first-order chi connectivity index (χ1) is 14.9. The molecule has 4 rings (SSSR count). The first-order valence-electron chi connectivity index (χ1n) is 9.84. The van der Waals surface area contributed by atoms with Gasteiger partial charge >= 0.3 is 0 Å². The van der Waals surface area contributed by atoms with E-state index >= 15 is 0 Å². The third-order valence-corrected chi connectivity index (χ3v) is 7.01. The molecule has 1 aromatic heterocycles. The average molecular weight is 507 g/mol. The van der Waals surface area contributed by atoms with Gasteiger partial charge in [0.15, 0.2) is 0 Å². The molecule has 1 aromatic carbocycles. The van der Waals surface area contributed by atoms with Crippen molar-refractivity contribution in [1.82, 2.24) is 15.0 Å². The number of nitrogens with one attached hydrogen (secondary N) is 1. The average Bonchev–Trinajstić information content (AvgIpc) is 3.21. The van der Waals surface area contributed by atoms with Crippen molar-refractivity contribution in [3.05, 3.63) is 75.8 Å². The quantitative estimate of drug-likeness (QED) is 0.576. The van der Waals surface area contributed by atoms with E-state index in [0.717, 1.165) is 24.9 Å². The van der Waals surface area contributed by atoms with Gasteiger partial charge in [-0.2, -0.15) is 3.89 Å². The van der Waals surface area contributed by atoms with Gasteiger partial charge in [0.05, 0.1) is 45.0 Å². The summed E-state index contributed by atoms with van der Waals surface area (Å²) in [5.74, 6) is -0.308. The van der Waals surface area contributed by atoms with E-state index in [1.54, 1.807) is 25.1 Å². The van der Waals surface area contributed by atoms with Gasteiger partial charge in [-0.3, -0.25) is 4.79 Å². The summed E-state index contributed by atoms with van der Waals surface area (Å²) in [7, 11) is 0. The van der Waals surface area contributed by atoms with Crippen molar-refractivity contribution in [3.63, 3.8) is 0 Å². The molecule has 1 unspecified atom stereocenters. The largest absolute Gasteiger partial charge is 0.306 e. The molecule has 1 fully saturated rings. The number of hydrazine groups is 1. The molecule has 0 spiro atoms. The van der Waals surface area contributed by atoms with E-state index in [4.69, 9.17) is 0 Å². The Morgan fingerprint density at radius 1 is 1.39 bits per heavy atom. The number of nitrogens with zero attached hydrogens (tertiary/aromatic N) is 3. The lowest BCUT2D eigenvalue weighted by molar-refractivity contribution is -0.113. The maximum absolute atomic E-state index is 14.0. The number of halogens is 3. The van der Waals surface area contributed by atoms with Crippen LogP contribution in [0.5, 0.6) is 0 Å². The van der Waals surface area contributed by atoms with Crippen molar-refractivity contribution < 1.29 is 13.1 Å². The molecular weight excluding hydrogens is 486 g/mol. The van der Waals surface area contributed by atoms with Crippen molar-refractivity contribution in [2.24, 2.45) is 0 Å². The smallest absolute Gasteiger partial charge is 0.258 e. The summed E-state index contributed by atoms with van der Waals surface area (Å²) in [6.45, 7) is 7.08. The molecule has 1 atom stereocenters. The van der Waals surface area contributed by atoms with Crippen LogP contribution in [0.2, 0.25) is 0 Å². The number of hydrogen-bond acceptors (Lipinski definition) is 5. The van der Waals surface area contributed by atoms with Crippen molar-refractivity contribution in [3.8, 4) is 0 Å². The van der Waals surface area contributed by atoms with Gasteiger partial charge in [-0.1, -0.05) is 24.8 Å². The van der Waals surface area contributed by atoms with Gasteiger partial charge in [0.1, 0.15) is 11.6 Å². The predicted octanol–water partition coefficient (Wildman–Crippen LogP) is 5.54. The zero-order valence-corrected chi connectivity index (χ0v) is 19.3. The number of carbonyl (C=O) groups is 1. The second-order valence-electron chi connectivity index (χ2n) is 7.48. The number of hydrogen-bond donors (Lipinski definition) is 1. The van der Waals surface area contributed by atoms with Crippen LogP contribution in [0.25, 0.3) is 0 Å². The summed E-state index contributed by atoms with van der Waals surface area (Å²) in [6, 6.07) is 8.14. The van der Waals surface area contributed by atoms with Gasteiger partial charge in [-0.25, -0.2) is 14.4 Å². The number of fused-ring (bicyclic) bond motifs is 1. The zero-order chi connectivity index (χ0) is 22.1. The van der Waals surface area contributed by atoms with Gasteiger partial charge in [0, 0.05) is 12.6 Å². The zero-order valence-electron chi connectivity index (χ0n) is 16.9. The van der Waals surface area contributed by atoms with Gasteiger partial charge in [0.2, 0.25) is 0 Å². The maximum Gasteiger partial charge on any atom is 0.258 e. The topological polar surface area (TPSA) is 48.5 Å². The van der Waals surface area contributed by atoms with E-state index in [1.807, 2.05) is 17.2 Å². The normalized spacial score (nSPS) is 18.7. The third-order valence-electron chi connectivity index (χ3n) is 5.52. The molecule has 3 heterocycles. The Bertz CT molecular complexity index is 1080. The number of anilines is 1. The number of rotatable bonds is 5. The second-order valence-corrected chi connectivity index (χ2v) is 8.87. The van der Waals surface area contributed by atoms with Crippen LogP contribution in [0, 0.1) is 12.7 Å². The highest BCUT2D eigenvalue weighted by atomic mass is 79.9. The molecule has 0 radical (unpaired) electrons. The van der Waals surface area contributed by atoms with Gasteiger partial charge in [-0.15, -0.1) is 0 Å². The summed E-state index contributed by atoms with van der Waals surface area (Å²) in [5.41, 5.74) is 2.27. The van der Waals surface area contributed by atoms with Gasteiger partial charge in [0.25, 0.3) is 5.91 Å². The van der Waals surface area contributed by atoms with Gasteiger partial charge < -0.3 is 10.3 Å². The van der Waals surface area contributed by atoms with Crippen molar-refractivity contribution in [2.45, 2.75) is 37.2 Å². The lowest BCUT2D eigenvalue weighted by atomic mass is 10.0. The van der Waals surface area contributed by atoms with Crippen molar-refractivity contribution >= 4 is 39.8 Å². The van der Waals surface area contributed by atoms with Crippen LogP contribution >= 0.6 is 28.1 Å². The summed E-state index contributed by atoms with van der Waals surface area (Å²) >= 11 is 3.45. The standard InChI is InChI=1S/C22H21BrF2N4OS/c1-13-19(31-25)8-9-20(26-13)27-22(30)17-11-16-6-4-10-28(16)29(14(17)2)12-15-5-3-7-18(24)21(15)23/h3,5,7-9,11,16H,2,4,6,10,12H2,1H3,(H,26,27,30). The molecule has 31 heavy (non-hydrogen) atoms. The Morgan fingerprint density at radius 2 is 2.19 bits per heavy atom. The molecule has 5 nitrogen and oxygen atoms in total. The van der Waals surface area contributed by atoms with Crippen LogP contribution in [0.1, 0.15) is 24.1 Å². The molecule has 1 N–H and O–H groups in total. The Labute approximate surface area is 192 Å². The van der Waals surface area contributed by atoms with Crippen molar-refractivity contribution in [1.29, 1.82) is 0 Å². The third kappa shape index (κ3) is 4.40. The maximum atomic E-state index is 14.0. The van der Waals surface area contributed by atoms with E-state index in [9.17, 15) is 13.1 Å². The number of aromatic nitrogens is 1. The first kappa shape index (κ1) is 22.0. The van der Waals surface area contributed by atoms with Crippen LogP contribution in [0.3, 0.4) is 0 Å². The van der Waals surface area contributed by atoms with Crippen LogP contribution < -0.4 is 5.32 Å². The fraction of sp³-hybridized carbons (Fsp3) is 0.273. The molecule has 0 bridgehead atoms. The summed E-state index contributed by atoms with van der Waals surface area (Å²) in [5, 5.41) is 6.92. The summed E-state index contributed by atoms with van der Waals surface area (Å²) < 4.78 is 27.3. The molecule has 0 saturated carbocycles. The molecule has 0 aliphatic carbocycles. The minimum Gasteiger partial charge on any atom is -0.306 e. The second kappa shape index (κ2) is 9.10. The molecular formula is C22H21BrF2N4OS. The summed E-state index contributed by atoms with van der Waals surface area (Å²) in [6.07, 6.45) is 3.85. The molecule has 2 aliphatic heterocycles. The van der Waals surface area contributed by atoms with E-state index in [2.05, 4.69) is 37.8 Å². The summed E-state index contributed by atoms with van der Waals surface area (Å²) in [4.78, 5) is 17.7. The molecule has 162 valence electrons. The monoisotopic (exact) mass is 506 g/mol. The minimum absolute atomic E-state index is 0.0681. The Hall–Kier alpha value is -2.23. The van der Waals surface area contributed by atoms with E-state index in [1.165, 1.54) is 6.07 Å². The number of amides is 1. The molecule has 2 aliphatic rings.